The predicted octanol–water partition coefficient (Wildman–Crippen LogP) is 1.93. The molecule has 2 rings (SSSR count). The van der Waals surface area contributed by atoms with Gasteiger partial charge in [-0.05, 0) is 12.1 Å². The summed E-state index contributed by atoms with van der Waals surface area (Å²) in [4.78, 5) is 14.3. The lowest BCUT2D eigenvalue weighted by Crippen LogP contribution is -2.04. The van der Waals surface area contributed by atoms with Crippen LogP contribution in [0.2, 0.25) is 5.02 Å². The van der Waals surface area contributed by atoms with E-state index in [9.17, 15) is 10.1 Å². The van der Waals surface area contributed by atoms with Crippen molar-refractivity contribution < 1.29 is 4.92 Å². The normalized spacial score (nSPS) is 10.3. The number of nitrogens with one attached hydrogen (secondary N) is 1. The number of pyridine rings is 1. The molecule has 18 heavy (non-hydrogen) atoms. The summed E-state index contributed by atoms with van der Waals surface area (Å²) in [7, 11) is 1.75. The lowest BCUT2D eigenvalue weighted by molar-refractivity contribution is -0.385. The van der Waals surface area contributed by atoms with E-state index in [1.165, 1.54) is 17.1 Å². The monoisotopic (exact) mass is 267 g/mol. The quantitative estimate of drug-likeness (QED) is 0.676. The van der Waals surface area contributed by atoms with Gasteiger partial charge in [-0.1, -0.05) is 11.6 Å². The summed E-state index contributed by atoms with van der Waals surface area (Å²) in [6.07, 6.45) is 2.53. The molecule has 0 aliphatic rings. The lowest BCUT2D eigenvalue weighted by atomic mass is 10.3. The zero-order valence-corrected chi connectivity index (χ0v) is 10.3. The second-order valence-corrected chi connectivity index (χ2v) is 3.94. The highest BCUT2D eigenvalue weighted by Gasteiger charge is 2.11. The van der Waals surface area contributed by atoms with Crippen molar-refractivity contribution in [3.05, 3.63) is 45.4 Å². The van der Waals surface area contributed by atoms with Crippen molar-refractivity contribution in [2.24, 2.45) is 0 Å². The highest BCUT2D eigenvalue weighted by Crippen LogP contribution is 2.18. The number of rotatable bonds is 4. The van der Waals surface area contributed by atoms with Crippen LogP contribution in [0.25, 0.3) is 0 Å². The van der Waals surface area contributed by atoms with Gasteiger partial charge in [0.25, 0.3) is 0 Å². The minimum absolute atomic E-state index is 0.0594. The minimum atomic E-state index is -0.497. The number of anilines is 1. The van der Waals surface area contributed by atoms with Gasteiger partial charge in [-0.3, -0.25) is 14.8 Å². The lowest BCUT2D eigenvalue weighted by Gasteiger charge is -2.06. The molecule has 0 aromatic carbocycles. The maximum Gasteiger partial charge on any atom is 0.307 e. The predicted molar refractivity (Wildman–Crippen MR) is 66.8 cm³/mol. The van der Waals surface area contributed by atoms with Gasteiger partial charge in [0.05, 0.1) is 22.2 Å². The molecule has 0 fully saturated rings. The second-order valence-electron chi connectivity index (χ2n) is 3.53. The first-order chi connectivity index (χ1) is 8.60. The Hall–Kier alpha value is -2.15. The molecule has 0 saturated heterocycles. The van der Waals surface area contributed by atoms with Crippen molar-refractivity contribution in [1.29, 1.82) is 0 Å². The van der Waals surface area contributed by atoms with Crippen molar-refractivity contribution >= 4 is 23.1 Å². The summed E-state index contributed by atoms with van der Waals surface area (Å²) in [5, 5.41) is 17.8. The average Bonchev–Trinajstić information content (AvgIpc) is 2.81. The van der Waals surface area contributed by atoms with Gasteiger partial charge in [0.2, 0.25) is 0 Å². The van der Waals surface area contributed by atoms with E-state index in [2.05, 4.69) is 15.4 Å². The van der Waals surface area contributed by atoms with Crippen LogP contribution in [0.3, 0.4) is 0 Å². The maximum atomic E-state index is 10.5. The van der Waals surface area contributed by atoms with Crippen LogP contribution in [0.1, 0.15) is 5.69 Å². The number of hydrogen-bond donors (Lipinski definition) is 1. The fourth-order valence-electron chi connectivity index (χ4n) is 1.42. The Morgan fingerprint density at radius 3 is 2.94 bits per heavy atom. The number of halogens is 1. The maximum absolute atomic E-state index is 10.5. The highest BCUT2D eigenvalue weighted by atomic mass is 35.5. The smallest absolute Gasteiger partial charge is 0.307 e. The third-order valence-corrected chi connectivity index (χ3v) is 2.66. The molecule has 2 aromatic heterocycles. The molecule has 0 saturated carbocycles. The molecule has 2 aromatic rings. The van der Waals surface area contributed by atoms with Gasteiger partial charge >= 0.3 is 5.69 Å². The van der Waals surface area contributed by atoms with Gasteiger partial charge in [-0.15, -0.1) is 0 Å². The van der Waals surface area contributed by atoms with Crippen molar-refractivity contribution in [3.8, 4) is 0 Å². The Bertz CT molecular complexity index is 583. The minimum Gasteiger partial charge on any atom is -0.373 e. The van der Waals surface area contributed by atoms with Gasteiger partial charge in [-0.25, -0.2) is 4.98 Å². The van der Waals surface area contributed by atoms with Crippen LogP contribution in [0.5, 0.6) is 0 Å². The molecule has 8 heteroatoms. The Morgan fingerprint density at radius 1 is 1.56 bits per heavy atom. The average molecular weight is 268 g/mol. The van der Waals surface area contributed by atoms with E-state index in [0.717, 1.165) is 0 Å². The van der Waals surface area contributed by atoms with Crippen LogP contribution < -0.4 is 5.32 Å². The fourth-order valence-corrected chi connectivity index (χ4v) is 1.59. The van der Waals surface area contributed by atoms with Gasteiger partial charge in [0.1, 0.15) is 18.2 Å². The van der Waals surface area contributed by atoms with E-state index in [-0.39, 0.29) is 12.2 Å². The molecule has 1 N–H and O–H groups in total. The summed E-state index contributed by atoms with van der Waals surface area (Å²) < 4.78 is 1.42. The molecule has 0 amide bonds. The third-order valence-electron chi connectivity index (χ3n) is 2.32. The molecular weight excluding hydrogens is 258 g/mol. The summed E-state index contributed by atoms with van der Waals surface area (Å²) in [5.41, 5.74) is 0.539. The number of nitro groups is 1. The largest absolute Gasteiger partial charge is 0.373 e. The zero-order chi connectivity index (χ0) is 13.1. The Kier molecular flexibility index (Phi) is 3.42. The van der Waals surface area contributed by atoms with Gasteiger partial charge in [0.15, 0.2) is 0 Å². The first-order valence-electron chi connectivity index (χ1n) is 5.10. The van der Waals surface area contributed by atoms with Crippen molar-refractivity contribution in [1.82, 2.24) is 14.8 Å². The van der Waals surface area contributed by atoms with Crippen LogP contribution in [-0.4, -0.2) is 26.7 Å². The molecule has 0 aliphatic carbocycles. The molecule has 0 bridgehead atoms. The standard InChI is InChI=1S/C10H10ClN5O2/c1-12-10-3-2-8(11)9(14-10)6-15-5-7(4-13-15)16(17)18/h2-5H,6H2,1H3,(H,12,14). The Labute approximate surface area is 108 Å². The van der Waals surface area contributed by atoms with Crippen LogP contribution in [-0.2, 0) is 6.54 Å². The summed E-state index contributed by atoms with van der Waals surface area (Å²) in [5.74, 6) is 0.677. The van der Waals surface area contributed by atoms with Gasteiger partial charge < -0.3 is 5.32 Å². The van der Waals surface area contributed by atoms with E-state index in [1.54, 1.807) is 19.2 Å². The molecule has 94 valence electrons. The van der Waals surface area contributed by atoms with Crippen LogP contribution >= 0.6 is 11.6 Å². The molecule has 0 atom stereocenters. The molecular formula is C10H10ClN5O2. The summed E-state index contributed by atoms with van der Waals surface area (Å²) in [6, 6.07) is 3.46. The van der Waals surface area contributed by atoms with Crippen LogP contribution in [0, 0.1) is 10.1 Å². The van der Waals surface area contributed by atoms with E-state index >= 15 is 0 Å². The highest BCUT2D eigenvalue weighted by molar-refractivity contribution is 6.31. The first kappa shape index (κ1) is 12.3. The molecule has 7 nitrogen and oxygen atoms in total. The summed E-state index contributed by atoms with van der Waals surface area (Å²) in [6.45, 7) is 0.280. The van der Waals surface area contributed by atoms with Gasteiger partial charge in [0, 0.05) is 7.05 Å². The van der Waals surface area contributed by atoms with Gasteiger partial charge in [-0.2, -0.15) is 5.10 Å². The fraction of sp³-hybridized carbons (Fsp3) is 0.200. The molecule has 2 heterocycles. The van der Waals surface area contributed by atoms with E-state index in [4.69, 9.17) is 11.6 Å². The first-order valence-corrected chi connectivity index (χ1v) is 5.48. The molecule has 0 unspecified atom stereocenters. The van der Waals surface area contributed by atoms with E-state index in [0.29, 0.717) is 16.5 Å². The number of aromatic nitrogens is 3. The van der Waals surface area contributed by atoms with E-state index in [1.807, 2.05) is 0 Å². The molecule has 0 radical (unpaired) electrons. The zero-order valence-electron chi connectivity index (χ0n) is 9.50. The molecule has 0 aliphatic heterocycles. The van der Waals surface area contributed by atoms with Crippen LogP contribution in [0.15, 0.2) is 24.5 Å². The van der Waals surface area contributed by atoms with Crippen molar-refractivity contribution in [3.63, 3.8) is 0 Å². The second kappa shape index (κ2) is 5.01. The van der Waals surface area contributed by atoms with Crippen molar-refractivity contribution in [2.75, 3.05) is 12.4 Å². The topological polar surface area (TPSA) is 85.9 Å². The summed E-state index contributed by atoms with van der Waals surface area (Å²) >= 11 is 6.01. The number of nitrogens with zero attached hydrogens (tertiary/aromatic N) is 4. The van der Waals surface area contributed by atoms with Crippen molar-refractivity contribution in [2.45, 2.75) is 6.54 Å². The van der Waals surface area contributed by atoms with Crippen LogP contribution in [0.4, 0.5) is 11.5 Å². The molecule has 0 spiro atoms. The Balaban J connectivity index is 2.24. The number of hydrogen-bond acceptors (Lipinski definition) is 5. The SMILES string of the molecule is CNc1ccc(Cl)c(Cn2cc([N+](=O)[O-])cn2)n1. The Morgan fingerprint density at radius 2 is 2.33 bits per heavy atom. The van der Waals surface area contributed by atoms with E-state index < -0.39 is 4.92 Å². The third kappa shape index (κ3) is 2.57.